The first-order valence-electron chi connectivity index (χ1n) is 8.16. The molecule has 0 aliphatic heterocycles. The minimum Gasteiger partial charge on any atom is -0.374 e. The molecule has 1 aliphatic rings. The number of hydrogen-bond acceptors (Lipinski definition) is 3. The zero-order valence-corrected chi connectivity index (χ0v) is 13.9. The molecule has 1 aromatic carbocycles. The molecule has 0 radical (unpaired) electrons. The SMILES string of the molecule is CC(=O)Nc1cc(F)c(F)cc1NCC(=O)N[C@@H]1CCCC[C@@H]1C. The van der Waals surface area contributed by atoms with E-state index in [0.29, 0.717) is 5.92 Å². The molecular formula is C17H23F2N3O2. The van der Waals surface area contributed by atoms with Gasteiger partial charge in [-0.2, -0.15) is 0 Å². The number of carbonyl (C=O) groups is 2. The molecule has 1 fully saturated rings. The van der Waals surface area contributed by atoms with Gasteiger partial charge >= 0.3 is 0 Å². The van der Waals surface area contributed by atoms with Gasteiger partial charge in [0.2, 0.25) is 11.8 Å². The van der Waals surface area contributed by atoms with E-state index in [9.17, 15) is 18.4 Å². The summed E-state index contributed by atoms with van der Waals surface area (Å²) in [6.45, 7) is 3.30. The van der Waals surface area contributed by atoms with E-state index >= 15 is 0 Å². The Kier molecular flexibility index (Phi) is 6.11. The second-order valence-corrected chi connectivity index (χ2v) is 6.28. The average Bonchev–Trinajstić information content (AvgIpc) is 2.51. The molecule has 3 N–H and O–H groups in total. The maximum Gasteiger partial charge on any atom is 0.239 e. The van der Waals surface area contributed by atoms with Crippen LogP contribution < -0.4 is 16.0 Å². The van der Waals surface area contributed by atoms with Crippen LogP contribution in [0, 0.1) is 17.6 Å². The van der Waals surface area contributed by atoms with Crippen molar-refractivity contribution in [2.75, 3.05) is 17.2 Å². The van der Waals surface area contributed by atoms with Gasteiger partial charge < -0.3 is 16.0 Å². The normalized spacial score (nSPS) is 20.3. The molecule has 1 aromatic rings. The van der Waals surface area contributed by atoms with Crippen molar-refractivity contribution in [3.8, 4) is 0 Å². The molecular weight excluding hydrogens is 316 g/mol. The van der Waals surface area contributed by atoms with Gasteiger partial charge in [-0.15, -0.1) is 0 Å². The Labute approximate surface area is 140 Å². The highest BCUT2D eigenvalue weighted by Gasteiger charge is 2.22. The van der Waals surface area contributed by atoms with Crippen LogP contribution >= 0.6 is 0 Å². The van der Waals surface area contributed by atoms with Crippen LogP contribution in [0.4, 0.5) is 20.2 Å². The number of benzene rings is 1. The van der Waals surface area contributed by atoms with Gasteiger partial charge in [-0.1, -0.05) is 19.8 Å². The van der Waals surface area contributed by atoms with E-state index in [1.165, 1.54) is 13.3 Å². The molecule has 0 saturated heterocycles. The molecule has 2 amide bonds. The van der Waals surface area contributed by atoms with Crippen LogP contribution in [0.15, 0.2) is 12.1 Å². The Hall–Kier alpha value is -2.18. The van der Waals surface area contributed by atoms with Gasteiger partial charge in [0, 0.05) is 25.1 Å². The first kappa shape index (κ1) is 18.2. The number of hydrogen-bond donors (Lipinski definition) is 3. The van der Waals surface area contributed by atoms with Crippen LogP contribution in [0.3, 0.4) is 0 Å². The number of amides is 2. The van der Waals surface area contributed by atoms with E-state index < -0.39 is 17.5 Å². The second-order valence-electron chi connectivity index (χ2n) is 6.28. The third-order valence-electron chi connectivity index (χ3n) is 4.27. The lowest BCUT2D eigenvalue weighted by Crippen LogP contribution is -2.43. The minimum atomic E-state index is -1.07. The predicted octanol–water partition coefficient (Wildman–Crippen LogP) is 3.03. The summed E-state index contributed by atoms with van der Waals surface area (Å²) in [6, 6.07) is 1.96. The maximum absolute atomic E-state index is 13.4. The monoisotopic (exact) mass is 339 g/mol. The fraction of sp³-hybridized carbons (Fsp3) is 0.529. The lowest BCUT2D eigenvalue weighted by atomic mass is 9.86. The van der Waals surface area contributed by atoms with E-state index in [1.54, 1.807) is 0 Å². The fourth-order valence-corrected chi connectivity index (χ4v) is 2.95. The zero-order chi connectivity index (χ0) is 17.7. The molecule has 1 saturated carbocycles. The first-order valence-corrected chi connectivity index (χ1v) is 8.16. The molecule has 0 spiro atoms. The van der Waals surface area contributed by atoms with Crippen molar-refractivity contribution in [3.63, 3.8) is 0 Å². The highest BCUT2D eigenvalue weighted by atomic mass is 19.2. The molecule has 24 heavy (non-hydrogen) atoms. The minimum absolute atomic E-state index is 0.0825. The average molecular weight is 339 g/mol. The summed E-state index contributed by atoms with van der Waals surface area (Å²) in [5.41, 5.74) is 0.260. The summed E-state index contributed by atoms with van der Waals surface area (Å²) >= 11 is 0. The Morgan fingerprint density at radius 2 is 1.75 bits per heavy atom. The van der Waals surface area contributed by atoms with Crippen molar-refractivity contribution in [1.29, 1.82) is 0 Å². The molecule has 2 atom stereocenters. The molecule has 5 nitrogen and oxygen atoms in total. The van der Waals surface area contributed by atoms with Crippen molar-refractivity contribution in [3.05, 3.63) is 23.8 Å². The van der Waals surface area contributed by atoms with Crippen LogP contribution in [-0.2, 0) is 9.59 Å². The number of rotatable bonds is 5. The number of carbonyl (C=O) groups excluding carboxylic acids is 2. The highest BCUT2D eigenvalue weighted by molar-refractivity contribution is 5.93. The largest absolute Gasteiger partial charge is 0.374 e. The van der Waals surface area contributed by atoms with Gasteiger partial charge in [-0.3, -0.25) is 9.59 Å². The molecule has 0 heterocycles. The van der Waals surface area contributed by atoms with Gasteiger partial charge in [0.05, 0.1) is 17.9 Å². The lowest BCUT2D eigenvalue weighted by Gasteiger charge is -2.29. The molecule has 0 aromatic heterocycles. The van der Waals surface area contributed by atoms with E-state index in [4.69, 9.17) is 0 Å². The maximum atomic E-state index is 13.4. The lowest BCUT2D eigenvalue weighted by molar-refractivity contribution is -0.120. The van der Waals surface area contributed by atoms with Crippen LogP contribution in [0.2, 0.25) is 0 Å². The van der Waals surface area contributed by atoms with Crippen molar-refractivity contribution in [2.45, 2.75) is 45.6 Å². The van der Waals surface area contributed by atoms with Crippen molar-refractivity contribution < 1.29 is 18.4 Å². The van der Waals surface area contributed by atoms with Crippen molar-refractivity contribution in [2.24, 2.45) is 5.92 Å². The Bertz CT molecular complexity index is 622. The van der Waals surface area contributed by atoms with Gasteiger partial charge in [0.15, 0.2) is 11.6 Å². The third-order valence-corrected chi connectivity index (χ3v) is 4.27. The predicted molar refractivity (Wildman–Crippen MR) is 88.7 cm³/mol. The van der Waals surface area contributed by atoms with E-state index in [-0.39, 0.29) is 29.9 Å². The van der Waals surface area contributed by atoms with Crippen LogP contribution in [0.25, 0.3) is 0 Å². The number of halogens is 2. The molecule has 7 heteroatoms. The molecule has 0 bridgehead atoms. The van der Waals surface area contributed by atoms with Gasteiger partial charge in [0.25, 0.3) is 0 Å². The zero-order valence-electron chi connectivity index (χ0n) is 13.9. The molecule has 1 aliphatic carbocycles. The van der Waals surface area contributed by atoms with Crippen molar-refractivity contribution in [1.82, 2.24) is 5.32 Å². The molecule has 2 rings (SSSR count). The summed E-state index contributed by atoms with van der Waals surface area (Å²) < 4.78 is 26.7. The van der Waals surface area contributed by atoms with Gasteiger partial charge in [-0.05, 0) is 18.8 Å². The number of anilines is 2. The summed E-state index contributed by atoms with van der Waals surface area (Å²) in [6.07, 6.45) is 4.32. The third kappa shape index (κ3) is 4.91. The molecule has 0 unspecified atom stereocenters. The van der Waals surface area contributed by atoms with Crippen LogP contribution in [0.1, 0.15) is 39.5 Å². The first-order chi connectivity index (χ1) is 11.4. The molecule has 132 valence electrons. The quantitative estimate of drug-likeness (QED) is 0.772. The Balaban J connectivity index is 1.98. The topological polar surface area (TPSA) is 70.2 Å². The Morgan fingerprint density at radius 3 is 2.38 bits per heavy atom. The van der Waals surface area contributed by atoms with E-state index in [0.717, 1.165) is 31.4 Å². The van der Waals surface area contributed by atoms with E-state index in [2.05, 4.69) is 22.9 Å². The summed E-state index contributed by atoms with van der Waals surface area (Å²) in [5, 5.41) is 8.14. The van der Waals surface area contributed by atoms with Gasteiger partial charge in [-0.25, -0.2) is 8.78 Å². The summed E-state index contributed by atoms with van der Waals surface area (Å²) in [4.78, 5) is 23.3. The fourth-order valence-electron chi connectivity index (χ4n) is 2.95. The number of nitrogens with one attached hydrogen (secondary N) is 3. The van der Waals surface area contributed by atoms with Crippen LogP contribution in [-0.4, -0.2) is 24.4 Å². The summed E-state index contributed by atoms with van der Waals surface area (Å²) in [7, 11) is 0. The van der Waals surface area contributed by atoms with E-state index in [1.807, 2.05) is 0 Å². The summed E-state index contributed by atoms with van der Waals surface area (Å²) in [5.74, 6) is -2.31. The second kappa shape index (κ2) is 8.08. The highest BCUT2D eigenvalue weighted by Crippen LogP contribution is 2.26. The standard InChI is InChI=1S/C17H23F2N3O2/c1-10-5-3-4-6-14(10)22-17(24)9-20-15-7-12(18)13(19)8-16(15)21-11(2)23/h7-8,10,14,20H,3-6,9H2,1-2H3,(H,21,23)(H,22,24)/t10-,14+/m0/s1. The smallest absolute Gasteiger partial charge is 0.239 e. The Morgan fingerprint density at radius 1 is 1.12 bits per heavy atom. The van der Waals surface area contributed by atoms with Crippen LogP contribution in [0.5, 0.6) is 0 Å². The van der Waals surface area contributed by atoms with Gasteiger partial charge in [0.1, 0.15) is 0 Å². The van der Waals surface area contributed by atoms with Crippen molar-refractivity contribution >= 4 is 23.2 Å².